The Labute approximate surface area is 115 Å². The first-order valence-electron chi connectivity index (χ1n) is 6.28. The number of hydrogen-bond acceptors (Lipinski definition) is 2. The Bertz CT molecular complexity index is 765. The van der Waals surface area contributed by atoms with Gasteiger partial charge in [0.25, 0.3) is 11.5 Å². The van der Waals surface area contributed by atoms with Crippen molar-refractivity contribution in [3.63, 3.8) is 0 Å². The van der Waals surface area contributed by atoms with Crippen molar-refractivity contribution in [2.75, 3.05) is 0 Å². The van der Waals surface area contributed by atoms with E-state index >= 15 is 0 Å². The van der Waals surface area contributed by atoms with Crippen molar-refractivity contribution in [2.45, 2.75) is 0 Å². The van der Waals surface area contributed by atoms with E-state index in [-0.39, 0.29) is 10.6 Å². The molecule has 1 heterocycles. The highest BCUT2D eigenvalue weighted by Crippen LogP contribution is 2.23. The highest BCUT2D eigenvalue weighted by Gasteiger charge is 2.21. The molecule has 0 amide bonds. The molecule has 0 bridgehead atoms. The van der Waals surface area contributed by atoms with E-state index in [9.17, 15) is 10.1 Å². The van der Waals surface area contributed by atoms with E-state index in [1.165, 1.54) is 12.1 Å². The van der Waals surface area contributed by atoms with Crippen molar-refractivity contribution in [2.24, 2.45) is 14.1 Å². The summed E-state index contributed by atoms with van der Waals surface area (Å²) in [6.45, 7) is 0. The maximum absolute atomic E-state index is 10.7. The van der Waals surface area contributed by atoms with Crippen LogP contribution in [-0.4, -0.2) is 9.49 Å². The number of nitro benzene ring substituents is 1. The molecule has 0 aliphatic carbocycles. The summed E-state index contributed by atoms with van der Waals surface area (Å²) in [6.07, 6.45) is 0. The molecule has 0 saturated carbocycles. The number of nitro groups is 1. The lowest BCUT2D eigenvalue weighted by atomic mass is 10.2. The van der Waals surface area contributed by atoms with Crippen LogP contribution in [0.4, 0.5) is 5.69 Å². The van der Waals surface area contributed by atoms with Gasteiger partial charge in [0, 0.05) is 12.1 Å². The number of non-ortho nitro benzene ring substituents is 1. The monoisotopic (exact) mass is 268 g/mol. The Morgan fingerprint density at radius 3 is 2.35 bits per heavy atom. The van der Waals surface area contributed by atoms with Gasteiger partial charge in [0.2, 0.25) is 0 Å². The third kappa shape index (κ3) is 1.75. The van der Waals surface area contributed by atoms with Crippen LogP contribution >= 0.6 is 0 Å². The topological polar surface area (TPSA) is 51.9 Å². The molecule has 0 spiro atoms. The van der Waals surface area contributed by atoms with E-state index in [0.717, 1.165) is 22.4 Å². The molecule has 0 N–H and O–H groups in total. The van der Waals surface area contributed by atoms with E-state index in [1.54, 1.807) is 12.1 Å². The molecule has 5 heteroatoms. The second-order valence-electron chi connectivity index (χ2n) is 4.73. The summed E-state index contributed by atoms with van der Waals surface area (Å²) in [7, 11) is 4.00. The number of imidazole rings is 1. The fourth-order valence-corrected chi connectivity index (χ4v) is 2.60. The Balaban J connectivity index is 2.21. The standard InChI is InChI=1S/C15H14N3O2/c1-16-13-5-3-4-6-14(13)17(2)15(16)11-7-9-12(10-8-11)18(19)20/h3-10H,1-2H3/q+1. The van der Waals surface area contributed by atoms with Crippen LogP contribution in [0.25, 0.3) is 22.4 Å². The summed E-state index contributed by atoms with van der Waals surface area (Å²) < 4.78 is 4.19. The summed E-state index contributed by atoms with van der Waals surface area (Å²) >= 11 is 0. The van der Waals surface area contributed by atoms with E-state index in [4.69, 9.17) is 0 Å². The van der Waals surface area contributed by atoms with Gasteiger partial charge in [-0.1, -0.05) is 12.1 Å². The zero-order valence-electron chi connectivity index (χ0n) is 11.3. The quantitative estimate of drug-likeness (QED) is 0.407. The number of para-hydroxylation sites is 2. The molecule has 0 atom stereocenters. The van der Waals surface area contributed by atoms with Crippen molar-refractivity contribution in [3.05, 3.63) is 58.6 Å². The first-order chi connectivity index (χ1) is 9.59. The molecule has 3 aromatic rings. The molecule has 0 fully saturated rings. The lowest BCUT2D eigenvalue weighted by Crippen LogP contribution is -2.29. The fourth-order valence-electron chi connectivity index (χ4n) is 2.60. The summed E-state index contributed by atoms with van der Waals surface area (Å²) in [4.78, 5) is 10.3. The van der Waals surface area contributed by atoms with Crippen LogP contribution in [0.1, 0.15) is 0 Å². The second kappa shape index (κ2) is 4.45. The van der Waals surface area contributed by atoms with Gasteiger partial charge in [-0.15, -0.1) is 0 Å². The molecule has 0 aliphatic rings. The largest absolute Gasteiger partial charge is 0.289 e. The number of rotatable bonds is 2. The molecule has 0 aliphatic heterocycles. The number of aromatic nitrogens is 2. The smallest absolute Gasteiger partial charge is 0.258 e. The van der Waals surface area contributed by atoms with E-state index in [1.807, 2.05) is 26.2 Å². The predicted molar refractivity (Wildman–Crippen MR) is 76.2 cm³/mol. The summed E-state index contributed by atoms with van der Waals surface area (Å²) in [5.74, 6) is 1.01. The van der Waals surface area contributed by atoms with Crippen molar-refractivity contribution >= 4 is 16.7 Å². The Morgan fingerprint density at radius 2 is 1.75 bits per heavy atom. The first-order valence-corrected chi connectivity index (χ1v) is 6.28. The van der Waals surface area contributed by atoms with Gasteiger partial charge in [-0.3, -0.25) is 10.1 Å². The van der Waals surface area contributed by atoms with E-state index in [0.29, 0.717) is 0 Å². The fraction of sp³-hybridized carbons (Fsp3) is 0.133. The van der Waals surface area contributed by atoms with Crippen molar-refractivity contribution < 1.29 is 9.49 Å². The Kier molecular flexibility index (Phi) is 2.75. The van der Waals surface area contributed by atoms with Gasteiger partial charge in [-0.2, -0.15) is 0 Å². The maximum Gasteiger partial charge on any atom is 0.289 e. The molecular weight excluding hydrogens is 254 g/mol. The zero-order chi connectivity index (χ0) is 14.3. The minimum Gasteiger partial charge on any atom is -0.258 e. The highest BCUT2D eigenvalue weighted by molar-refractivity contribution is 5.76. The van der Waals surface area contributed by atoms with Gasteiger partial charge in [0.1, 0.15) is 0 Å². The highest BCUT2D eigenvalue weighted by atomic mass is 16.6. The van der Waals surface area contributed by atoms with Crippen LogP contribution in [0, 0.1) is 10.1 Å². The van der Waals surface area contributed by atoms with Crippen LogP contribution in [0.3, 0.4) is 0 Å². The maximum atomic E-state index is 10.7. The van der Waals surface area contributed by atoms with Crippen molar-refractivity contribution in [1.82, 2.24) is 4.57 Å². The van der Waals surface area contributed by atoms with E-state index in [2.05, 4.69) is 21.3 Å². The SMILES string of the molecule is Cn1c(-c2ccc([N+](=O)[O-])cc2)[n+](C)c2ccccc21. The summed E-state index contributed by atoms with van der Waals surface area (Å²) in [5, 5.41) is 10.7. The van der Waals surface area contributed by atoms with Gasteiger partial charge in [0.15, 0.2) is 11.0 Å². The van der Waals surface area contributed by atoms with Gasteiger partial charge in [-0.05, 0) is 24.3 Å². The molecule has 20 heavy (non-hydrogen) atoms. The second-order valence-corrected chi connectivity index (χ2v) is 4.73. The van der Waals surface area contributed by atoms with Gasteiger partial charge >= 0.3 is 0 Å². The van der Waals surface area contributed by atoms with Crippen LogP contribution in [0.5, 0.6) is 0 Å². The lowest BCUT2D eigenvalue weighted by molar-refractivity contribution is -0.634. The molecule has 1 aromatic heterocycles. The molecule has 5 nitrogen and oxygen atoms in total. The Morgan fingerprint density at radius 1 is 1.10 bits per heavy atom. The average molecular weight is 268 g/mol. The molecule has 2 aromatic carbocycles. The Hall–Kier alpha value is -2.69. The zero-order valence-corrected chi connectivity index (χ0v) is 11.3. The average Bonchev–Trinajstić information content (AvgIpc) is 2.72. The molecular formula is C15H14N3O2+. The number of aryl methyl sites for hydroxylation is 2. The minimum absolute atomic E-state index is 0.107. The number of fused-ring (bicyclic) bond motifs is 1. The van der Waals surface area contributed by atoms with E-state index < -0.39 is 0 Å². The van der Waals surface area contributed by atoms with Gasteiger partial charge < -0.3 is 0 Å². The van der Waals surface area contributed by atoms with Crippen LogP contribution in [0.2, 0.25) is 0 Å². The van der Waals surface area contributed by atoms with Crippen LogP contribution in [-0.2, 0) is 14.1 Å². The van der Waals surface area contributed by atoms with Gasteiger partial charge in [-0.25, -0.2) is 9.13 Å². The van der Waals surface area contributed by atoms with Crippen LogP contribution in [0.15, 0.2) is 48.5 Å². The van der Waals surface area contributed by atoms with Crippen molar-refractivity contribution in [1.29, 1.82) is 0 Å². The number of benzene rings is 2. The third-order valence-corrected chi connectivity index (χ3v) is 3.58. The lowest BCUT2D eigenvalue weighted by Gasteiger charge is -1.98. The summed E-state index contributed by atoms with van der Waals surface area (Å²) in [5.41, 5.74) is 3.32. The van der Waals surface area contributed by atoms with Crippen LogP contribution < -0.4 is 4.57 Å². The van der Waals surface area contributed by atoms with Crippen molar-refractivity contribution in [3.8, 4) is 11.4 Å². The number of hydrogen-bond donors (Lipinski definition) is 0. The predicted octanol–water partition coefficient (Wildman–Crippen LogP) is 2.58. The molecule has 0 radical (unpaired) electrons. The normalized spacial score (nSPS) is 10.9. The molecule has 0 saturated heterocycles. The summed E-state index contributed by atoms with van der Waals surface area (Å²) in [6, 6.07) is 14.8. The minimum atomic E-state index is -0.384. The molecule has 0 unspecified atom stereocenters. The third-order valence-electron chi connectivity index (χ3n) is 3.58. The first kappa shape index (κ1) is 12.3. The molecule has 3 rings (SSSR count). The molecule has 100 valence electrons. The number of nitrogens with zero attached hydrogens (tertiary/aromatic N) is 3. The van der Waals surface area contributed by atoms with Gasteiger partial charge in [0.05, 0.1) is 24.6 Å².